The second-order valence-corrected chi connectivity index (χ2v) is 6.16. The molecule has 4 N–H and O–H groups in total. The van der Waals surface area contributed by atoms with Gasteiger partial charge in [0.15, 0.2) is 6.10 Å². The van der Waals surface area contributed by atoms with E-state index in [4.69, 9.17) is 10.8 Å². The number of halogens is 3. The summed E-state index contributed by atoms with van der Waals surface area (Å²) >= 11 is 0.981. The molecule has 8 heteroatoms. The molecular formula is C16H14F3NO3S. The van der Waals surface area contributed by atoms with Gasteiger partial charge in [-0.25, -0.2) is 4.79 Å². The van der Waals surface area contributed by atoms with Crippen molar-refractivity contribution >= 4 is 23.4 Å². The van der Waals surface area contributed by atoms with Gasteiger partial charge < -0.3 is 15.9 Å². The molecule has 0 aliphatic rings. The van der Waals surface area contributed by atoms with Gasteiger partial charge in [-0.15, -0.1) is 11.8 Å². The van der Waals surface area contributed by atoms with Crippen LogP contribution in [0.1, 0.15) is 16.4 Å². The largest absolute Gasteiger partial charge is 0.479 e. The summed E-state index contributed by atoms with van der Waals surface area (Å²) in [4.78, 5) is 11.7. The Morgan fingerprint density at radius 2 is 1.67 bits per heavy atom. The monoisotopic (exact) mass is 357 g/mol. The maximum absolute atomic E-state index is 12.6. The summed E-state index contributed by atoms with van der Waals surface area (Å²) in [5, 5.41) is 18.0. The van der Waals surface area contributed by atoms with Crippen molar-refractivity contribution in [3.8, 4) is 0 Å². The van der Waals surface area contributed by atoms with Crippen LogP contribution < -0.4 is 5.73 Å². The van der Waals surface area contributed by atoms with Gasteiger partial charge >= 0.3 is 12.1 Å². The van der Waals surface area contributed by atoms with Gasteiger partial charge in [0.2, 0.25) is 0 Å². The van der Waals surface area contributed by atoms with Gasteiger partial charge in [0.25, 0.3) is 0 Å². The van der Waals surface area contributed by atoms with Crippen LogP contribution in [0.4, 0.5) is 18.9 Å². The molecule has 0 aliphatic carbocycles. The maximum atomic E-state index is 12.6. The molecule has 0 aliphatic heterocycles. The third-order valence-electron chi connectivity index (χ3n) is 3.28. The molecule has 0 heterocycles. The lowest BCUT2D eigenvalue weighted by molar-refractivity contribution is -0.146. The van der Waals surface area contributed by atoms with Crippen LogP contribution in [0.3, 0.4) is 0 Å². The quantitative estimate of drug-likeness (QED) is 0.563. The first-order chi connectivity index (χ1) is 11.2. The van der Waals surface area contributed by atoms with E-state index in [9.17, 15) is 23.1 Å². The zero-order valence-electron chi connectivity index (χ0n) is 12.2. The van der Waals surface area contributed by atoms with Crippen molar-refractivity contribution in [2.45, 2.75) is 22.4 Å². The Balaban J connectivity index is 2.36. The minimum absolute atomic E-state index is 0.256. The second-order valence-electron chi connectivity index (χ2n) is 4.98. The number of aliphatic hydroxyl groups is 1. The highest BCUT2D eigenvalue weighted by Crippen LogP contribution is 2.41. The van der Waals surface area contributed by atoms with E-state index < -0.39 is 29.1 Å². The number of aliphatic hydroxyl groups excluding tert-OH is 1. The number of carboxylic acids is 1. The zero-order chi connectivity index (χ0) is 17.9. The van der Waals surface area contributed by atoms with Crippen LogP contribution in [-0.4, -0.2) is 22.3 Å². The number of carboxylic acid groups (broad SMARTS) is 1. The SMILES string of the molecule is Nc1ccccc1SC(c1ccc(C(F)(F)F)cc1)C(O)C(=O)O. The number of rotatable bonds is 5. The number of thioether (sulfide) groups is 1. The summed E-state index contributed by atoms with van der Waals surface area (Å²) in [5.74, 6) is -1.47. The minimum Gasteiger partial charge on any atom is -0.479 e. The number of hydrogen-bond donors (Lipinski definition) is 3. The molecule has 2 rings (SSSR count). The number of hydrogen-bond acceptors (Lipinski definition) is 4. The number of alkyl halides is 3. The molecule has 0 spiro atoms. The molecule has 2 atom stereocenters. The molecule has 2 aromatic carbocycles. The van der Waals surface area contributed by atoms with E-state index in [2.05, 4.69) is 0 Å². The molecule has 128 valence electrons. The van der Waals surface area contributed by atoms with Crippen LogP contribution in [-0.2, 0) is 11.0 Å². The molecule has 0 aromatic heterocycles. The Hall–Kier alpha value is -2.19. The van der Waals surface area contributed by atoms with E-state index >= 15 is 0 Å². The molecule has 0 radical (unpaired) electrons. The number of benzene rings is 2. The Morgan fingerprint density at radius 3 is 2.17 bits per heavy atom. The molecule has 2 unspecified atom stereocenters. The normalized spacial score (nSPS) is 14.2. The number of aliphatic carboxylic acids is 1. The number of anilines is 1. The van der Waals surface area contributed by atoms with Gasteiger partial charge in [-0.05, 0) is 29.8 Å². The van der Waals surface area contributed by atoms with Crippen LogP contribution in [0.15, 0.2) is 53.4 Å². The Labute approximate surface area is 140 Å². The van der Waals surface area contributed by atoms with E-state index in [-0.39, 0.29) is 5.56 Å². The number of nitrogen functional groups attached to an aromatic ring is 1. The molecule has 0 amide bonds. The van der Waals surface area contributed by atoms with Crippen molar-refractivity contribution in [3.63, 3.8) is 0 Å². The molecule has 0 bridgehead atoms. The van der Waals surface area contributed by atoms with Crippen LogP contribution in [0.2, 0.25) is 0 Å². The summed E-state index contributed by atoms with van der Waals surface area (Å²) in [6.07, 6.45) is -6.29. The first-order valence-electron chi connectivity index (χ1n) is 6.79. The highest BCUT2D eigenvalue weighted by Gasteiger charge is 2.32. The highest BCUT2D eigenvalue weighted by molar-refractivity contribution is 7.99. The van der Waals surface area contributed by atoms with E-state index in [0.717, 1.165) is 36.0 Å². The third kappa shape index (κ3) is 4.21. The number of carbonyl (C=O) groups is 1. The number of nitrogens with two attached hydrogens (primary N) is 1. The lowest BCUT2D eigenvalue weighted by Crippen LogP contribution is -2.26. The predicted octanol–water partition coefficient (Wildman–Crippen LogP) is 3.57. The Morgan fingerprint density at radius 1 is 1.08 bits per heavy atom. The maximum Gasteiger partial charge on any atom is 0.416 e. The van der Waals surface area contributed by atoms with Crippen molar-refractivity contribution in [1.82, 2.24) is 0 Å². The summed E-state index contributed by atoms with van der Waals surface area (Å²) in [7, 11) is 0. The minimum atomic E-state index is -4.49. The average molecular weight is 357 g/mol. The van der Waals surface area contributed by atoms with Crippen molar-refractivity contribution in [2.24, 2.45) is 0 Å². The van der Waals surface area contributed by atoms with Crippen LogP contribution in [0, 0.1) is 0 Å². The molecule has 0 saturated carbocycles. The van der Waals surface area contributed by atoms with Crippen molar-refractivity contribution in [2.75, 3.05) is 5.73 Å². The highest BCUT2D eigenvalue weighted by atomic mass is 32.2. The van der Waals surface area contributed by atoms with E-state index in [1.807, 2.05) is 0 Å². The third-order valence-corrected chi connectivity index (χ3v) is 4.69. The summed E-state index contributed by atoms with van der Waals surface area (Å²) < 4.78 is 37.9. The van der Waals surface area contributed by atoms with Gasteiger partial charge in [0.1, 0.15) is 0 Å². The van der Waals surface area contributed by atoms with Gasteiger partial charge in [0, 0.05) is 10.6 Å². The van der Waals surface area contributed by atoms with Crippen LogP contribution in [0.5, 0.6) is 0 Å². The topological polar surface area (TPSA) is 83.5 Å². The smallest absolute Gasteiger partial charge is 0.416 e. The molecule has 0 saturated heterocycles. The standard InChI is InChI=1S/C16H14F3NO3S/c17-16(18,19)10-7-5-9(6-8-10)14(13(21)15(22)23)24-12-4-2-1-3-11(12)20/h1-8,13-14,21H,20H2,(H,22,23). The van der Waals surface area contributed by atoms with Crippen molar-refractivity contribution in [3.05, 3.63) is 59.7 Å². The van der Waals surface area contributed by atoms with Crippen molar-refractivity contribution < 1.29 is 28.2 Å². The van der Waals surface area contributed by atoms with Gasteiger partial charge in [-0.1, -0.05) is 24.3 Å². The fraction of sp³-hybridized carbons (Fsp3) is 0.188. The summed E-state index contributed by atoms with van der Waals surface area (Å²) in [6.45, 7) is 0. The van der Waals surface area contributed by atoms with E-state index in [0.29, 0.717) is 10.6 Å². The molecule has 0 fully saturated rings. The van der Waals surface area contributed by atoms with Gasteiger partial charge in [-0.2, -0.15) is 13.2 Å². The fourth-order valence-corrected chi connectivity index (χ4v) is 3.20. The zero-order valence-corrected chi connectivity index (χ0v) is 13.0. The lowest BCUT2D eigenvalue weighted by Gasteiger charge is -2.21. The second kappa shape index (κ2) is 7.14. The predicted molar refractivity (Wildman–Crippen MR) is 84.5 cm³/mol. The first-order valence-corrected chi connectivity index (χ1v) is 7.67. The summed E-state index contributed by atoms with van der Waals surface area (Å²) in [5.41, 5.74) is 5.60. The van der Waals surface area contributed by atoms with E-state index in [1.165, 1.54) is 0 Å². The number of para-hydroxylation sites is 1. The lowest BCUT2D eigenvalue weighted by atomic mass is 10.0. The molecular weight excluding hydrogens is 343 g/mol. The first kappa shape index (κ1) is 18.2. The molecule has 2 aromatic rings. The van der Waals surface area contributed by atoms with Crippen LogP contribution >= 0.6 is 11.8 Å². The Kier molecular flexibility index (Phi) is 5.40. The molecule has 4 nitrogen and oxygen atoms in total. The average Bonchev–Trinajstić information content (AvgIpc) is 2.53. The van der Waals surface area contributed by atoms with Crippen molar-refractivity contribution in [1.29, 1.82) is 0 Å². The van der Waals surface area contributed by atoms with Gasteiger partial charge in [-0.3, -0.25) is 0 Å². The Bertz CT molecular complexity index is 719. The fourth-order valence-electron chi connectivity index (χ4n) is 2.03. The van der Waals surface area contributed by atoms with Gasteiger partial charge in [0.05, 0.1) is 10.8 Å². The van der Waals surface area contributed by atoms with E-state index in [1.54, 1.807) is 24.3 Å². The summed E-state index contributed by atoms with van der Waals surface area (Å²) in [6, 6.07) is 10.7. The van der Waals surface area contributed by atoms with Crippen LogP contribution in [0.25, 0.3) is 0 Å². The molecule has 24 heavy (non-hydrogen) atoms.